The van der Waals surface area contributed by atoms with Gasteiger partial charge in [0.1, 0.15) is 11.5 Å². The van der Waals surface area contributed by atoms with Gasteiger partial charge in [0.2, 0.25) is 0 Å². The van der Waals surface area contributed by atoms with Gasteiger partial charge >= 0.3 is 0 Å². The summed E-state index contributed by atoms with van der Waals surface area (Å²) in [4.78, 5) is 11.5. The Morgan fingerprint density at radius 1 is 1.40 bits per heavy atom. The minimum Gasteiger partial charge on any atom is -0.382 e. The van der Waals surface area contributed by atoms with E-state index in [1.807, 2.05) is 6.92 Å². The molecule has 0 spiro atoms. The molecular weight excluding hydrogens is 196 g/mol. The lowest BCUT2D eigenvalue weighted by Gasteiger charge is -1.96. The molecule has 0 aromatic carbocycles. The van der Waals surface area contributed by atoms with Crippen molar-refractivity contribution in [2.75, 3.05) is 11.1 Å². The van der Waals surface area contributed by atoms with Gasteiger partial charge in [-0.2, -0.15) is 10.2 Å². The zero-order valence-corrected chi connectivity index (χ0v) is 8.03. The summed E-state index contributed by atoms with van der Waals surface area (Å²) in [5.74, 6) is 0.412. The first-order chi connectivity index (χ1) is 7.15. The Morgan fingerprint density at radius 2 is 2.20 bits per heavy atom. The standard InChI is InChI=1S/C8H10N6O/c1-4-2-7(14-11-4)10-8(15)5-3-6(9)13-12-5/h2-3H,1H3,(H3,9,12,13)(H2,10,11,14,15). The van der Waals surface area contributed by atoms with Crippen LogP contribution in [0.4, 0.5) is 11.6 Å². The molecule has 7 nitrogen and oxygen atoms in total. The van der Waals surface area contributed by atoms with E-state index >= 15 is 0 Å². The maximum absolute atomic E-state index is 11.5. The summed E-state index contributed by atoms with van der Waals surface area (Å²) >= 11 is 0. The van der Waals surface area contributed by atoms with Crippen LogP contribution in [0.2, 0.25) is 0 Å². The second-order valence-electron chi connectivity index (χ2n) is 3.10. The zero-order chi connectivity index (χ0) is 10.8. The Morgan fingerprint density at radius 3 is 2.73 bits per heavy atom. The monoisotopic (exact) mass is 206 g/mol. The van der Waals surface area contributed by atoms with Crippen LogP contribution in [0.5, 0.6) is 0 Å². The summed E-state index contributed by atoms with van der Waals surface area (Å²) in [6.45, 7) is 1.84. The lowest BCUT2D eigenvalue weighted by molar-refractivity contribution is 0.102. The van der Waals surface area contributed by atoms with Crippen LogP contribution in [-0.2, 0) is 0 Å². The molecule has 0 unspecified atom stereocenters. The molecule has 15 heavy (non-hydrogen) atoms. The van der Waals surface area contributed by atoms with Crippen molar-refractivity contribution in [2.45, 2.75) is 6.92 Å². The first-order valence-electron chi connectivity index (χ1n) is 4.29. The summed E-state index contributed by atoms with van der Waals surface area (Å²) in [5.41, 5.74) is 6.54. The number of aryl methyl sites for hydroxylation is 1. The average Bonchev–Trinajstić information content (AvgIpc) is 2.75. The van der Waals surface area contributed by atoms with Gasteiger partial charge in [-0.05, 0) is 6.92 Å². The Balaban J connectivity index is 2.10. The number of carbonyl (C=O) groups excluding carboxylic acids is 1. The number of nitrogens with one attached hydrogen (secondary N) is 3. The third-order valence-corrected chi connectivity index (χ3v) is 1.79. The molecule has 2 heterocycles. The number of aromatic nitrogens is 4. The number of nitrogen functional groups attached to an aromatic ring is 1. The number of nitrogens with two attached hydrogens (primary N) is 1. The van der Waals surface area contributed by atoms with Crippen LogP contribution in [0.15, 0.2) is 12.1 Å². The molecule has 2 aromatic heterocycles. The zero-order valence-electron chi connectivity index (χ0n) is 8.03. The van der Waals surface area contributed by atoms with Gasteiger partial charge in [0.05, 0.1) is 0 Å². The van der Waals surface area contributed by atoms with Crippen molar-refractivity contribution in [1.29, 1.82) is 0 Å². The second kappa shape index (κ2) is 3.45. The quantitative estimate of drug-likeness (QED) is 0.565. The van der Waals surface area contributed by atoms with Crippen molar-refractivity contribution in [3.8, 4) is 0 Å². The Bertz CT molecular complexity index is 485. The largest absolute Gasteiger partial charge is 0.382 e. The molecule has 0 aliphatic carbocycles. The number of hydrogen-bond donors (Lipinski definition) is 4. The fourth-order valence-electron chi connectivity index (χ4n) is 1.12. The first-order valence-corrected chi connectivity index (χ1v) is 4.29. The van der Waals surface area contributed by atoms with E-state index in [1.165, 1.54) is 6.07 Å². The maximum Gasteiger partial charge on any atom is 0.274 e. The van der Waals surface area contributed by atoms with Crippen LogP contribution in [-0.4, -0.2) is 26.3 Å². The fraction of sp³-hybridized carbons (Fsp3) is 0.125. The van der Waals surface area contributed by atoms with Gasteiger partial charge < -0.3 is 11.1 Å². The molecule has 0 saturated carbocycles. The normalized spacial score (nSPS) is 10.2. The lowest BCUT2D eigenvalue weighted by atomic mass is 10.4. The van der Waals surface area contributed by atoms with Gasteiger partial charge in [-0.3, -0.25) is 15.0 Å². The number of hydrogen-bond acceptors (Lipinski definition) is 4. The number of H-pyrrole nitrogens is 2. The predicted octanol–water partition coefficient (Wildman–Crippen LogP) is 0.276. The SMILES string of the molecule is Cc1cc(NC(=O)c2cc(N)n[nH]2)n[nH]1. The average molecular weight is 206 g/mol. The second-order valence-corrected chi connectivity index (χ2v) is 3.10. The van der Waals surface area contributed by atoms with Crippen LogP contribution in [0.1, 0.15) is 16.2 Å². The minimum absolute atomic E-state index is 0.276. The molecule has 0 bridgehead atoms. The highest BCUT2D eigenvalue weighted by Crippen LogP contribution is 2.07. The highest BCUT2D eigenvalue weighted by Gasteiger charge is 2.10. The molecule has 2 aromatic rings. The number of nitrogens with zero attached hydrogens (tertiary/aromatic N) is 2. The Hall–Kier alpha value is -2.31. The number of carbonyl (C=O) groups is 1. The third kappa shape index (κ3) is 1.96. The van der Waals surface area contributed by atoms with E-state index < -0.39 is 0 Å². The van der Waals surface area contributed by atoms with E-state index in [-0.39, 0.29) is 11.7 Å². The Kier molecular flexibility index (Phi) is 2.13. The highest BCUT2D eigenvalue weighted by molar-refractivity contribution is 6.02. The van der Waals surface area contributed by atoms with Gasteiger partial charge in [-0.25, -0.2) is 0 Å². The smallest absolute Gasteiger partial charge is 0.274 e. The van der Waals surface area contributed by atoms with E-state index in [2.05, 4.69) is 25.7 Å². The molecule has 1 amide bonds. The van der Waals surface area contributed by atoms with Gasteiger partial charge in [-0.15, -0.1) is 0 Å². The molecule has 0 radical (unpaired) electrons. The van der Waals surface area contributed by atoms with Crippen LogP contribution in [0.25, 0.3) is 0 Å². The molecule has 0 saturated heterocycles. The Labute approximate surface area is 85.1 Å². The van der Waals surface area contributed by atoms with E-state index in [0.717, 1.165) is 5.69 Å². The molecule has 78 valence electrons. The van der Waals surface area contributed by atoms with Gasteiger partial charge in [0.25, 0.3) is 5.91 Å². The molecule has 0 aliphatic heterocycles. The summed E-state index contributed by atoms with van der Waals surface area (Å²) in [5, 5.41) is 15.3. The fourth-order valence-corrected chi connectivity index (χ4v) is 1.12. The van der Waals surface area contributed by atoms with Gasteiger partial charge in [0, 0.05) is 17.8 Å². The molecular formula is C8H10N6O. The van der Waals surface area contributed by atoms with E-state index in [0.29, 0.717) is 11.5 Å². The number of anilines is 2. The summed E-state index contributed by atoms with van der Waals surface area (Å²) in [6, 6.07) is 3.17. The minimum atomic E-state index is -0.328. The summed E-state index contributed by atoms with van der Waals surface area (Å²) in [7, 11) is 0. The van der Waals surface area contributed by atoms with E-state index in [1.54, 1.807) is 6.07 Å². The van der Waals surface area contributed by atoms with Crippen molar-refractivity contribution in [1.82, 2.24) is 20.4 Å². The van der Waals surface area contributed by atoms with Crippen molar-refractivity contribution < 1.29 is 4.79 Å². The van der Waals surface area contributed by atoms with Crippen LogP contribution in [0, 0.1) is 6.92 Å². The van der Waals surface area contributed by atoms with E-state index in [4.69, 9.17) is 5.73 Å². The highest BCUT2D eigenvalue weighted by atomic mass is 16.2. The summed E-state index contributed by atoms with van der Waals surface area (Å²) in [6.07, 6.45) is 0. The van der Waals surface area contributed by atoms with Crippen molar-refractivity contribution in [3.63, 3.8) is 0 Å². The number of amides is 1. The van der Waals surface area contributed by atoms with Crippen molar-refractivity contribution in [3.05, 3.63) is 23.5 Å². The predicted molar refractivity (Wildman–Crippen MR) is 54.3 cm³/mol. The maximum atomic E-state index is 11.5. The summed E-state index contributed by atoms with van der Waals surface area (Å²) < 4.78 is 0. The van der Waals surface area contributed by atoms with Crippen LogP contribution < -0.4 is 11.1 Å². The van der Waals surface area contributed by atoms with Crippen molar-refractivity contribution >= 4 is 17.5 Å². The molecule has 0 fully saturated rings. The molecule has 5 N–H and O–H groups in total. The van der Waals surface area contributed by atoms with Crippen LogP contribution in [0.3, 0.4) is 0 Å². The third-order valence-electron chi connectivity index (χ3n) is 1.79. The lowest BCUT2D eigenvalue weighted by Crippen LogP contribution is -2.12. The van der Waals surface area contributed by atoms with Gasteiger partial charge in [-0.1, -0.05) is 0 Å². The topological polar surface area (TPSA) is 112 Å². The van der Waals surface area contributed by atoms with Crippen LogP contribution >= 0.6 is 0 Å². The molecule has 0 aliphatic rings. The van der Waals surface area contributed by atoms with Gasteiger partial charge in [0.15, 0.2) is 5.82 Å². The first kappa shape index (κ1) is 9.25. The molecule has 7 heteroatoms. The number of rotatable bonds is 2. The van der Waals surface area contributed by atoms with Crippen molar-refractivity contribution in [2.24, 2.45) is 0 Å². The van der Waals surface area contributed by atoms with E-state index in [9.17, 15) is 4.79 Å². The number of aromatic amines is 2. The molecule has 2 rings (SSSR count). The molecule has 0 atom stereocenters.